The Morgan fingerprint density at radius 1 is 1.09 bits per heavy atom. The molecule has 8 nitrogen and oxygen atoms in total. The van der Waals surface area contributed by atoms with Crippen LogP contribution in [-0.2, 0) is 0 Å². The quantitative estimate of drug-likeness (QED) is 0.306. The summed E-state index contributed by atoms with van der Waals surface area (Å²) in [5.41, 5.74) is 3.91. The molecule has 3 aromatic carbocycles. The van der Waals surface area contributed by atoms with Crippen LogP contribution in [0.25, 0.3) is 22.6 Å². The Hall–Kier alpha value is -4.20. The molecule has 1 heterocycles. The number of nitro benzene ring substituents is 1. The van der Waals surface area contributed by atoms with E-state index in [1.807, 2.05) is 18.2 Å². The summed E-state index contributed by atoms with van der Waals surface area (Å²) in [5.74, 6) is 0.841. The van der Waals surface area contributed by atoms with Gasteiger partial charge >= 0.3 is 0 Å². The first-order valence-electron chi connectivity index (χ1n) is 10.0. The molecule has 0 aliphatic heterocycles. The number of non-ortho nitro benzene ring substituents is 1. The molecule has 0 aliphatic rings. The maximum Gasteiger partial charge on any atom is 0.269 e. The van der Waals surface area contributed by atoms with E-state index < -0.39 is 10.8 Å². The van der Waals surface area contributed by atoms with Gasteiger partial charge in [0.25, 0.3) is 11.6 Å². The van der Waals surface area contributed by atoms with E-state index in [2.05, 4.69) is 24.1 Å². The third-order valence-electron chi connectivity index (χ3n) is 5.11. The summed E-state index contributed by atoms with van der Waals surface area (Å²) < 4.78 is 11.3. The summed E-state index contributed by atoms with van der Waals surface area (Å²) in [7, 11) is 1.50. The minimum Gasteiger partial charge on any atom is -0.495 e. The first-order chi connectivity index (χ1) is 15.4. The highest BCUT2D eigenvalue weighted by Gasteiger charge is 2.16. The molecule has 4 aromatic rings. The van der Waals surface area contributed by atoms with Crippen LogP contribution in [0.1, 0.15) is 35.7 Å². The Balaban J connectivity index is 1.64. The first-order valence-corrected chi connectivity index (χ1v) is 10.0. The molecule has 0 aliphatic carbocycles. The van der Waals surface area contributed by atoms with E-state index >= 15 is 0 Å². The number of benzene rings is 3. The maximum absolute atomic E-state index is 12.7. The second kappa shape index (κ2) is 8.50. The molecule has 0 atom stereocenters. The van der Waals surface area contributed by atoms with Crippen molar-refractivity contribution in [3.05, 3.63) is 81.9 Å². The molecule has 1 aromatic heterocycles. The molecule has 0 bridgehead atoms. The Kier molecular flexibility index (Phi) is 5.59. The summed E-state index contributed by atoms with van der Waals surface area (Å²) in [6.45, 7) is 4.23. The van der Waals surface area contributed by atoms with Crippen molar-refractivity contribution in [2.24, 2.45) is 0 Å². The summed E-state index contributed by atoms with van der Waals surface area (Å²) in [6, 6.07) is 16.5. The number of carbonyl (C=O) groups excluding carboxylic acids is 1. The zero-order valence-corrected chi connectivity index (χ0v) is 17.8. The molecule has 0 spiro atoms. The smallest absolute Gasteiger partial charge is 0.269 e. The summed E-state index contributed by atoms with van der Waals surface area (Å²) in [4.78, 5) is 27.6. The molecule has 0 saturated carbocycles. The van der Waals surface area contributed by atoms with Crippen molar-refractivity contribution in [2.45, 2.75) is 19.8 Å². The molecule has 32 heavy (non-hydrogen) atoms. The minimum absolute atomic E-state index is 0.0855. The van der Waals surface area contributed by atoms with E-state index in [-0.39, 0.29) is 11.3 Å². The summed E-state index contributed by atoms with van der Waals surface area (Å²) in [5, 5.41) is 13.6. The normalized spacial score (nSPS) is 11.0. The van der Waals surface area contributed by atoms with Gasteiger partial charge in [0.05, 0.1) is 17.7 Å². The van der Waals surface area contributed by atoms with Crippen LogP contribution in [0.3, 0.4) is 0 Å². The van der Waals surface area contributed by atoms with Gasteiger partial charge in [0.1, 0.15) is 11.3 Å². The van der Waals surface area contributed by atoms with Crippen LogP contribution in [0.2, 0.25) is 0 Å². The van der Waals surface area contributed by atoms with Crippen molar-refractivity contribution < 1.29 is 18.9 Å². The number of ether oxygens (including phenoxy) is 1. The van der Waals surface area contributed by atoms with Gasteiger partial charge in [-0.3, -0.25) is 14.9 Å². The lowest BCUT2D eigenvalue weighted by atomic mass is 10.0. The lowest BCUT2D eigenvalue weighted by Crippen LogP contribution is -2.12. The van der Waals surface area contributed by atoms with Gasteiger partial charge in [0, 0.05) is 23.3 Å². The molecule has 0 radical (unpaired) electrons. The number of nitrogens with one attached hydrogen (secondary N) is 1. The van der Waals surface area contributed by atoms with Gasteiger partial charge in [-0.05, 0) is 53.9 Å². The van der Waals surface area contributed by atoms with Crippen LogP contribution < -0.4 is 10.1 Å². The highest BCUT2D eigenvalue weighted by atomic mass is 16.6. The number of methoxy groups -OCH3 is 1. The summed E-state index contributed by atoms with van der Waals surface area (Å²) in [6.07, 6.45) is 0. The van der Waals surface area contributed by atoms with Crippen molar-refractivity contribution >= 4 is 28.4 Å². The largest absolute Gasteiger partial charge is 0.495 e. The molecule has 1 N–H and O–H groups in total. The Morgan fingerprint density at radius 2 is 1.84 bits per heavy atom. The van der Waals surface area contributed by atoms with Gasteiger partial charge < -0.3 is 14.5 Å². The van der Waals surface area contributed by atoms with E-state index in [1.54, 1.807) is 18.2 Å². The second-order valence-electron chi connectivity index (χ2n) is 7.57. The van der Waals surface area contributed by atoms with E-state index in [4.69, 9.17) is 9.15 Å². The third-order valence-corrected chi connectivity index (χ3v) is 5.11. The fourth-order valence-corrected chi connectivity index (χ4v) is 3.29. The number of anilines is 1. The minimum atomic E-state index is -0.515. The number of hydrogen-bond donors (Lipinski definition) is 1. The molecule has 0 saturated heterocycles. The first kappa shape index (κ1) is 21.0. The average Bonchev–Trinajstić information content (AvgIpc) is 3.22. The van der Waals surface area contributed by atoms with Crippen LogP contribution in [-0.4, -0.2) is 22.9 Å². The molecule has 162 valence electrons. The highest BCUT2D eigenvalue weighted by molar-refractivity contribution is 6.05. The highest BCUT2D eigenvalue weighted by Crippen LogP contribution is 2.33. The fourth-order valence-electron chi connectivity index (χ4n) is 3.29. The number of nitro groups is 1. The number of carbonyl (C=O) groups is 1. The van der Waals surface area contributed by atoms with E-state index in [1.165, 1.54) is 36.9 Å². The van der Waals surface area contributed by atoms with Crippen LogP contribution >= 0.6 is 0 Å². The molecule has 4 rings (SSSR count). The van der Waals surface area contributed by atoms with Gasteiger partial charge in [-0.1, -0.05) is 19.9 Å². The van der Waals surface area contributed by atoms with Crippen molar-refractivity contribution in [1.29, 1.82) is 0 Å². The Morgan fingerprint density at radius 3 is 2.50 bits per heavy atom. The predicted molar refractivity (Wildman–Crippen MR) is 121 cm³/mol. The lowest BCUT2D eigenvalue weighted by Gasteiger charge is -2.11. The number of nitrogens with zero attached hydrogens (tertiary/aromatic N) is 2. The average molecular weight is 431 g/mol. The van der Waals surface area contributed by atoms with Crippen molar-refractivity contribution in [1.82, 2.24) is 4.98 Å². The van der Waals surface area contributed by atoms with Gasteiger partial charge in [0.2, 0.25) is 5.89 Å². The fraction of sp³-hybridized carbons (Fsp3) is 0.167. The van der Waals surface area contributed by atoms with Crippen molar-refractivity contribution in [3.63, 3.8) is 0 Å². The number of hydrogen-bond acceptors (Lipinski definition) is 6. The third kappa shape index (κ3) is 4.15. The summed E-state index contributed by atoms with van der Waals surface area (Å²) >= 11 is 0. The number of fused-ring (bicyclic) bond motifs is 1. The number of amides is 1. The predicted octanol–water partition coefficient (Wildman–Crippen LogP) is 5.79. The van der Waals surface area contributed by atoms with E-state index in [9.17, 15) is 14.9 Å². The van der Waals surface area contributed by atoms with E-state index in [0.29, 0.717) is 34.4 Å². The Labute approximate surface area is 184 Å². The SMILES string of the molecule is COc1ccc(-c2nc3cc(C(C)C)ccc3o2)cc1NC(=O)c1ccc([N+](=O)[O-])cc1. The van der Waals surface area contributed by atoms with Crippen LogP contribution in [0.4, 0.5) is 11.4 Å². The molecular weight excluding hydrogens is 410 g/mol. The molecular formula is C24H21N3O5. The maximum atomic E-state index is 12.7. The second-order valence-corrected chi connectivity index (χ2v) is 7.57. The molecule has 0 fully saturated rings. The van der Waals surface area contributed by atoms with Gasteiger partial charge in [0.15, 0.2) is 5.58 Å². The van der Waals surface area contributed by atoms with Crippen LogP contribution in [0.15, 0.2) is 65.1 Å². The molecule has 1 amide bonds. The Bertz CT molecular complexity index is 1310. The van der Waals surface area contributed by atoms with Crippen molar-refractivity contribution in [3.8, 4) is 17.2 Å². The van der Waals surface area contributed by atoms with Gasteiger partial charge in [-0.15, -0.1) is 0 Å². The van der Waals surface area contributed by atoms with Crippen molar-refractivity contribution in [2.75, 3.05) is 12.4 Å². The zero-order valence-electron chi connectivity index (χ0n) is 17.8. The van der Waals surface area contributed by atoms with Crippen LogP contribution in [0.5, 0.6) is 5.75 Å². The van der Waals surface area contributed by atoms with Crippen LogP contribution in [0, 0.1) is 10.1 Å². The monoisotopic (exact) mass is 431 g/mol. The topological polar surface area (TPSA) is 108 Å². The molecule has 8 heteroatoms. The number of rotatable bonds is 6. The lowest BCUT2D eigenvalue weighted by molar-refractivity contribution is -0.384. The van der Waals surface area contributed by atoms with Gasteiger partial charge in [-0.2, -0.15) is 0 Å². The standard InChI is InChI=1S/C24H21N3O5/c1-14(2)16-6-11-22-20(12-16)26-24(32-22)17-7-10-21(31-3)19(13-17)25-23(28)15-4-8-18(9-5-15)27(29)30/h4-14H,1-3H3,(H,25,28). The number of aromatic nitrogens is 1. The zero-order chi connectivity index (χ0) is 22.8. The van der Waals surface area contributed by atoms with Gasteiger partial charge in [-0.25, -0.2) is 4.98 Å². The van der Waals surface area contributed by atoms with E-state index in [0.717, 1.165) is 5.52 Å². The molecule has 0 unspecified atom stereocenters. The number of oxazole rings is 1.